The van der Waals surface area contributed by atoms with E-state index in [1.54, 1.807) is 17.1 Å². The Kier molecular flexibility index (Phi) is 2.12. The van der Waals surface area contributed by atoms with E-state index in [-0.39, 0.29) is 0 Å². The fraction of sp³-hybridized carbons (Fsp3) is 0.500. The van der Waals surface area contributed by atoms with Crippen LogP contribution in [0.25, 0.3) is 0 Å². The third kappa shape index (κ3) is 1.66. The van der Waals surface area contributed by atoms with Gasteiger partial charge in [-0.05, 0) is 12.8 Å². The number of hydrogen-bond donors (Lipinski definition) is 1. The number of nitrogens with two attached hydrogens (primary N) is 1. The van der Waals surface area contributed by atoms with Crippen LogP contribution in [0.2, 0.25) is 0 Å². The maximum absolute atomic E-state index is 5.57. The number of hydrogen-bond acceptors (Lipinski definition) is 5. The molecule has 3 rings (SSSR count). The maximum atomic E-state index is 5.57. The summed E-state index contributed by atoms with van der Waals surface area (Å²) in [6.07, 6.45) is 6.96. The number of rotatable bonds is 3. The molecule has 0 aromatic carbocycles. The van der Waals surface area contributed by atoms with Gasteiger partial charge in [-0.15, -0.1) is 0 Å². The van der Waals surface area contributed by atoms with Crippen LogP contribution < -0.4 is 5.73 Å². The van der Waals surface area contributed by atoms with Crippen molar-refractivity contribution in [3.05, 3.63) is 24.1 Å². The summed E-state index contributed by atoms with van der Waals surface area (Å²) in [6.45, 7) is 0.483. The lowest BCUT2D eigenvalue weighted by molar-refractivity contribution is 0.341. The highest BCUT2D eigenvalue weighted by atomic mass is 16.5. The SMILES string of the molecule is Nc1cnn(Cc2nc(C3CCC3)no2)c1. The number of aromatic nitrogens is 4. The third-order valence-electron chi connectivity index (χ3n) is 2.90. The van der Waals surface area contributed by atoms with Crippen molar-refractivity contribution in [3.63, 3.8) is 0 Å². The number of nitrogens with zero attached hydrogens (tertiary/aromatic N) is 4. The molecule has 0 radical (unpaired) electrons. The first-order valence-corrected chi connectivity index (χ1v) is 5.41. The molecule has 1 saturated carbocycles. The zero-order valence-electron chi connectivity index (χ0n) is 8.83. The molecule has 6 nitrogen and oxygen atoms in total. The molecule has 0 spiro atoms. The highest BCUT2D eigenvalue weighted by molar-refractivity contribution is 5.30. The molecule has 2 N–H and O–H groups in total. The van der Waals surface area contributed by atoms with Gasteiger partial charge in [-0.3, -0.25) is 4.68 Å². The molecule has 16 heavy (non-hydrogen) atoms. The average molecular weight is 219 g/mol. The zero-order valence-corrected chi connectivity index (χ0v) is 8.83. The summed E-state index contributed by atoms with van der Waals surface area (Å²) < 4.78 is 6.86. The molecule has 2 heterocycles. The van der Waals surface area contributed by atoms with E-state index in [1.807, 2.05) is 0 Å². The second-order valence-corrected chi connectivity index (χ2v) is 4.15. The van der Waals surface area contributed by atoms with Gasteiger partial charge in [0.1, 0.15) is 6.54 Å². The van der Waals surface area contributed by atoms with Crippen LogP contribution >= 0.6 is 0 Å². The van der Waals surface area contributed by atoms with Crippen LogP contribution in [0.5, 0.6) is 0 Å². The summed E-state index contributed by atoms with van der Waals surface area (Å²) in [5.41, 5.74) is 6.20. The van der Waals surface area contributed by atoms with E-state index < -0.39 is 0 Å². The van der Waals surface area contributed by atoms with Gasteiger partial charge in [0, 0.05) is 12.1 Å². The van der Waals surface area contributed by atoms with E-state index in [0.717, 1.165) is 5.82 Å². The Bertz CT molecular complexity index is 485. The molecule has 0 amide bonds. The molecular formula is C10H13N5O. The van der Waals surface area contributed by atoms with Crippen LogP contribution in [0, 0.1) is 0 Å². The van der Waals surface area contributed by atoms with E-state index in [0.29, 0.717) is 24.0 Å². The van der Waals surface area contributed by atoms with E-state index in [9.17, 15) is 0 Å². The molecule has 1 aliphatic rings. The van der Waals surface area contributed by atoms with Gasteiger partial charge < -0.3 is 10.3 Å². The second-order valence-electron chi connectivity index (χ2n) is 4.15. The molecule has 84 valence electrons. The first-order chi connectivity index (χ1) is 7.81. The summed E-state index contributed by atoms with van der Waals surface area (Å²) >= 11 is 0. The van der Waals surface area contributed by atoms with Crippen LogP contribution in [-0.2, 0) is 6.54 Å². The van der Waals surface area contributed by atoms with Crippen molar-refractivity contribution < 1.29 is 4.52 Å². The van der Waals surface area contributed by atoms with Crippen molar-refractivity contribution >= 4 is 5.69 Å². The van der Waals surface area contributed by atoms with Gasteiger partial charge in [0.15, 0.2) is 5.82 Å². The van der Waals surface area contributed by atoms with Gasteiger partial charge in [-0.2, -0.15) is 10.1 Å². The molecule has 1 fully saturated rings. The molecular weight excluding hydrogens is 206 g/mol. The minimum atomic E-state index is 0.483. The van der Waals surface area contributed by atoms with Gasteiger partial charge in [0.25, 0.3) is 0 Å². The van der Waals surface area contributed by atoms with Crippen LogP contribution in [0.3, 0.4) is 0 Å². The van der Waals surface area contributed by atoms with E-state index in [4.69, 9.17) is 10.3 Å². The summed E-state index contributed by atoms with van der Waals surface area (Å²) in [5, 5.41) is 8.05. The predicted molar refractivity (Wildman–Crippen MR) is 56.6 cm³/mol. The van der Waals surface area contributed by atoms with Crippen molar-refractivity contribution in [1.82, 2.24) is 19.9 Å². The molecule has 0 atom stereocenters. The van der Waals surface area contributed by atoms with Crippen molar-refractivity contribution in [3.8, 4) is 0 Å². The topological polar surface area (TPSA) is 82.8 Å². The molecule has 0 saturated heterocycles. The lowest BCUT2D eigenvalue weighted by Crippen LogP contribution is -2.10. The third-order valence-corrected chi connectivity index (χ3v) is 2.90. The Labute approximate surface area is 92.4 Å². The second kappa shape index (κ2) is 3.62. The normalized spacial score (nSPS) is 16.2. The molecule has 2 aromatic heterocycles. The minimum absolute atomic E-state index is 0.483. The van der Waals surface area contributed by atoms with Gasteiger partial charge in [0.05, 0.1) is 11.9 Å². The Balaban J connectivity index is 1.72. The quantitative estimate of drug-likeness (QED) is 0.837. The highest BCUT2D eigenvalue weighted by Crippen LogP contribution is 2.34. The van der Waals surface area contributed by atoms with Crippen molar-refractivity contribution in [2.24, 2.45) is 0 Å². The predicted octanol–water partition coefficient (Wildman–Crippen LogP) is 1.16. The van der Waals surface area contributed by atoms with Crippen LogP contribution in [0.15, 0.2) is 16.9 Å². The van der Waals surface area contributed by atoms with E-state index >= 15 is 0 Å². The van der Waals surface area contributed by atoms with Crippen LogP contribution in [0.1, 0.15) is 36.9 Å². The van der Waals surface area contributed by atoms with E-state index in [1.165, 1.54) is 19.3 Å². The van der Waals surface area contributed by atoms with Crippen molar-refractivity contribution in [2.45, 2.75) is 31.7 Å². The number of nitrogen functional groups attached to an aromatic ring is 1. The fourth-order valence-corrected chi connectivity index (χ4v) is 1.77. The summed E-state index contributed by atoms with van der Waals surface area (Å²) in [7, 11) is 0. The Morgan fingerprint density at radius 3 is 3.00 bits per heavy atom. The average Bonchev–Trinajstić information content (AvgIpc) is 2.74. The Morgan fingerprint density at radius 2 is 2.38 bits per heavy atom. The standard InChI is InChI=1S/C10H13N5O/c11-8-4-12-15(5-8)6-9-13-10(14-16-9)7-2-1-3-7/h4-5,7H,1-3,6,11H2. The minimum Gasteiger partial charge on any atom is -0.396 e. The highest BCUT2D eigenvalue weighted by Gasteiger charge is 2.24. The fourth-order valence-electron chi connectivity index (χ4n) is 1.77. The Hall–Kier alpha value is -1.85. The van der Waals surface area contributed by atoms with Gasteiger partial charge in [-0.25, -0.2) is 0 Å². The number of anilines is 1. The molecule has 0 bridgehead atoms. The van der Waals surface area contributed by atoms with Crippen LogP contribution in [0.4, 0.5) is 5.69 Å². The molecule has 6 heteroatoms. The lowest BCUT2D eigenvalue weighted by atomic mass is 9.85. The zero-order chi connectivity index (χ0) is 11.0. The largest absolute Gasteiger partial charge is 0.396 e. The first kappa shape index (κ1) is 9.38. The maximum Gasteiger partial charge on any atom is 0.248 e. The molecule has 0 aliphatic heterocycles. The van der Waals surface area contributed by atoms with Gasteiger partial charge in [-0.1, -0.05) is 11.6 Å². The van der Waals surface area contributed by atoms with E-state index in [2.05, 4.69) is 15.2 Å². The summed E-state index contributed by atoms with van der Waals surface area (Å²) in [5.74, 6) is 1.92. The van der Waals surface area contributed by atoms with Crippen molar-refractivity contribution in [2.75, 3.05) is 5.73 Å². The van der Waals surface area contributed by atoms with Gasteiger partial charge >= 0.3 is 0 Å². The summed E-state index contributed by atoms with van der Waals surface area (Å²) in [4.78, 5) is 4.36. The van der Waals surface area contributed by atoms with Crippen LogP contribution in [-0.4, -0.2) is 19.9 Å². The lowest BCUT2D eigenvalue weighted by Gasteiger charge is -2.20. The monoisotopic (exact) mass is 219 g/mol. The smallest absolute Gasteiger partial charge is 0.248 e. The summed E-state index contributed by atoms with van der Waals surface area (Å²) in [6, 6.07) is 0. The molecule has 1 aliphatic carbocycles. The van der Waals surface area contributed by atoms with Gasteiger partial charge in [0.2, 0.25) is 5.89 Å². The molecule has 2 aromatic rings. The Morgan fingerprint density at radius 1 is 1.50 bits per heavy atom. The molecule has 0 unspecified atom stereocenters. The first-order valence-electron chi connectivity index (χ1n) is 5.41. The van der Waals surface area contributed by atoms with Crippen molar-refractivity contribution in [1.29, 1.82) is 0 Å².